The van der Waals surface area contributed by atoms with Gasteiger partial charge in [0.05, 0.1) is 11.1 Å². The minimum Gasteiger partial charge on any atom is -0.507 e. The molecule has 1 aromatic carbocycles. The Balaban J connectivity index is 1.59. The number of nitrogens with one attached hydrogen (secondary N) is 1. The zero-order chi connectivity index (χ0) is 32.2. The van der Waals surface area contributed by atoms with Crippen LogP contribution in [0.15, 0.2) is 17.7 Å². The molecule has 3 aliphatic rings. The molecule has 0 radical (unpaired) electrons. The first-order chi connectivity index (χ1) is 21.4. The van der Waals surface area contributed by atoms with E-state index >= 15 is 13.2 Å². The number of nitriles is 1. The second-order valence-corrected chi connectivity index (χ2v) is 12.2. The highest BCUT2D eigenvalue weighted by molar-refractivity contribution is 6.01. The predicted octanol–water partition coefficient (Wildman–Crippen LogP) is 3.40. The van der Waals surface area contributed by atoms with E-state index in [0.29, 0.717) is 24.3 Å². The van der Waals surface area contributed by atoms with Gasteiger partial charge in [0.2, 0.25) is 0 Å². The summed E-state index contributed by atoms with van der Waals surface area (Å²) in [4.78, 5) is 12.8. The van der Waals surface area contributed by atoms with Crippen molar-refractivity contribution in [2.75, 3.05) is 38.2 Å². The van der Waals surface area contributed by atoms with Gasteiger partial charge in [0.25, 0.3) is 0 Å². The lowest BCUT2D eigenvalue weighted by molar-refractivity contribution is -0.0860. The minimum absolute atomic E-state index is 0.0921. The molecule has 5 heterocycles. The van der Waals surface area contributed by atoms with E-state index in [1.165, 1.54) is 13.0 Å². The van der Waals surface area contributed by atoms with Crippen LogP contribution in [0.3, 0.4) is 0 Å². The molecule has 0 amide bonds. The monoisotopic (exact) mass is 625 g/mol. The van der Waals surface area contributed by atoms with E-state index in [2.05, 4.69) is 20.2 Å². The van der Waals surface area contributed by atoms with Crippen LogP contribution in [-0.2, 0) is 7.05 Å². The molecule has 3 atom stereocenters. The summed E-state index contributed by atoms with van der Waals surface area (Å²) in [7, 11) is 3.65. The summed E-state index contributed by atoms with van der Waals surface area (Å²) in [5, 5.41) is 23.5. The average Bonchev–Trinajstić information content (AvgIpc) is 3.47. The van der Waals surface area contributed by atoms with Crippen LogP contribution in [0.2, 0.25) is 0 Å². The number of phenolic OH excluding ortho intramolecular Hbond substituents is 1. The third-order valence-corrected chi connectivity index (χ3v) is 9.52. The molecule has 2 bridgehead atoms. The highest BCUT2D eigenvalue weighted by Gasteiger charge is 2.37. The third-order valence-electron chi connectivity index (χ3n) is 9.52. The van der Waals surface area contributed by atoms with Crippen LogP contribution in [0.4, 0.5) is 23.4 Å². The Bertz CT molecular complexity index is 1850. The molecule has 13 heteroatoms. The minimum atomic E-state index is -4.88. The smallest absolute Gasteiger partial charge is 0.416 e. The summed E-state index contributed by atoms with van der Waals surface area (Å²) < 4.78 is 67.3. The molecular formula is C32H35F4N7O2. The van der Waals surface area contributed by atoms with Crippen molar-refractivity contribution in [3.05, 3.63) is 45.1 Å². The third kappa shape index (κ3) is 5.50. The normalized spacial score (nSPS) is 23.4. The molecule has 2 N–H and O–H groups in total. The first-order valence-electron chi connectivity index (χ1n) is 14.9. The number of likely N-dealkylation sites (tertiary alicyclic amines) is 1. The summed E-state index contributed by atoms with van der Waals surface area (Å²) in [6.45, 7) is 5.16. The molecule has 238 valence electrons. The van der Waals surface area contributed by atoms with Crippen LogP contribution in [0.5, 0.6) is 11.8 Å². The van der Waals surface area contributed by atoms with Crippen molar-refractivity contribution in [3.63, 3.8) is 0 Å². The van der Waals surface area contributed by atoms with Crippen molar-refractivity contribution >= 4 is 34.7 Å². The maximum atomic E-state index is 15.0. The van der Waals surface area contributed by atoms with Crippen molar-refractivity contribution in [1.82, 2.24) is 24.8 Å². The maximum absolute atomic E-state index is 15.0. The van der Waals surface area contributed by atoms with E-state index < -0.39 is 11.7 Å². The molecule has 3 saturated heterocycles. The molecule has 3 aromatic rings. The molecule has 3 fully saturated rings. The van der Waals surface area contributed by atoms with Gasteiger partial charge >= 0.3 is 12.2 Å². The lowest BCUT2D eigenvalue weighted by Crippen LogP contribution is -2.53. The molecular weight excluding hydrogens is 590 g/mol. The van der Waals surface area contributed by atoms with Gasteiger partial charge in [-0.2, -0.15) is 28.4 Å². The number of alkyl halides is 3. The van der Waals surface area contributed by atoms with E-state index in [9.17, 15) is 14.8 Å². The number of ether oxygens (including phenoxy) is 1. The number of anilines is 1. The second kappa shape index (κ2) is 11.7. The molecule has 9 nitrogen and oxygen atoms in total. The highest BCUT2D eigenvalue weighted by atomic mass is 19.4. The van der Waals surface area contributed by atoms with Gasteiger partial charge in [-0.15, -0.1) is 0 Å². The van der Waals surface area contributed by atoms with Gasteiger partial charge in [-0.1, -0.05) is 0 Å². The van der Waals surface area contributed by atoms with Crippen molar-refractivity contribution in [2.45, 2.75) is 57.4 Å². The van der Waals surface area contributed by atoms with Crippen LogP contribution in [0.25, 0.3) is 28.9 Å². The number of benzene rings is 1. The predicted molar refractivity (Wildman–Crippen MR) is 163 cm³/mol. The second-order valence-electron chi connectivity index (χ2n) is 12.2. The van der Waals surface area contributed by atoms with E-state index in [1.54, 1.807) is 24.6 Å². The van der Waals surface area contributed by atoms with E-state index in [-0.39, 0.29) is 81.3 Å². The van der Waals surface area contributed by atoms with E-state index in [4.69, 9.17) is 4.74 Å². The summed E-state index contributed by atoms with van der Waals surface area (Å²) in [6.07, 6.45) is -1.01. The Labute approximate surface area is 257 Å². The number of piperazine rings is 1. The quantitative estimate of drug-likeness (QED) is 0.402. The number of allylic oxidation sites excluding steroid dienone is 2. The number of hydrogen-bond acceptors (Lipinski definition) is 8. The lowest BCUT2D eigenvalue weighted by atomic mass is 9.95. The number of nitrogens with zero attached hydrogens (tertiary/aromatic N) is 6. The van der Waals surface area contributed by atoms with Crippen molar-refractivity contribution in [3.8, 4) is 17.8 Å². The van der Waals surface area contributed by atoms with Gasteiger partial charge in [-0.3, -0.25) is 4.90 Å². The van der Waals surface area contributed by atoms with Crippen LogP contribution in [0, 0.1) is 18.3 Å². The molecule has 0 spiro atoms. The fourth-order valence-electron chi connectivity index (χ4n) is 6.80. The molecule has 2 aromatic heterocycles. The Kier molecular flexibility index (Phi) is 7.99. The fraction of sp³-hybridized carbons (Fsp3) is 0.469. The van der Waals surface area contributed by atoms with Gasteiger partial charge in [0.1, 0.15) is 41.5 Å². The average molecular weight is 626 g/mol. The maximum Gasteiger partial charge on any atom is 0.416 e. The van der Waals surface area contributed by atoms with Gasteiger partial charge in [0, 0.05) is 60.1 Å². The van der Waals surface area contributed by atoms with E-state index in [0.717, 1.165) is 31.9 Å². The summed E-state index contributed by atoms with van der Waals surface area (Å²) in [5.74, 6) is -0.159. The molecule has 45 heavy (non-hydrogen) atoms. The number of phenols is 1. The first-order valence-corrected chi connectivity index (χ1v) is 14.9. The number of aromatic hydroxyl groups is 1. The summed E-state index contributed by atoms with van der Waals surface area (Å²) >= 11 is 0. The van der Waals surface area contributed by atoms with Gasteiger partial charge < -0.3 is 24.6 Å². The standard InChI is InChI=1S/C32H35F4N7O2/c1-17(28-18(2)42(4)26-7-8-27(44)23(13-37)29(26)28)24(32(34,35)36)11-22-25(12-33)39-31(45-16-21-9-10-41(21)3)40-30(22)43-14-19-5-6-20(15-43)38-19/h7-8,11-12,19-21,38,44H,5-6,9-10,14-16H2,1-4H3/b22-11+,24-17-,25-12-/t19?,20?,21-/m0/s1. The van der Waals surface area contributed by atoms with Crippen LogP contribution >= 0.6 is 0 Å². The largest absolute Gasteiger partial charge is 0.507 e. The molecule has 3 aliphatic heterocycles. The van der Waals surface area contributed by atoms with Crippen molar-refractivity contribution in [1.29, 1.82) is 5.26 Å². The van der Waals surface area contributed by atoms with Crippen LogP contribution in [0.1, 0.15) is 43.0 Å². The fourth-order valence-corrected chi connectivity index (χ4v) is 6.80. The number of halogens is 4. The SMILES string of the molecule is C\C(=C(/C=c1/c(N2CC3CCC(C2)N3)nc(OC[C@@H]2CCN2C)n/c1=C\F)C(F)(F)F)c1c(C)n(C)c2ccc(O)c(C#N)c12. The highest BCUT2D eigenvalue weighted by Crippen LogP contribution is 2.41. The molecule has 0 aliphatic carbocycles. The topological polar surface area (TPSA) is 102 Å². The Hall–Kier alpha value is -4.15. The first kappa shape index (κ1) is 30.9. The molecule has 6 rings (SSSR count). The molecule has 2 unspecified atom stereocenters. The summed E-state index contributed by atoms with van der Waals surface area (Å²) in [6, 6.07) is 5.18. The Morgan fingerprint density at radius 3 is 2.47 bits per heavy atom. The zero-order valence-corrected chi connectivity index (χ0v) is 25.5. The summed E-state index contributed by atoms with van der Waals surface area (Å²) in [5.41, 5.74) is -0.213. The van der Waals surface area contributed by atoms with Crippen molar-refractivity contribution < 1.29 is 27.4 Å². The van der Waals surface area contributed by atoms with E-state index in [1.807, 2.05) is 18.0 Å². The number of aryl methyl sites for hydroxylation is 1. The number of rotatable bonds is 6. The van der Waals surface area contributed by atoms with Gasteiger partial charge in [-0.25, -0.2) is 4.39 Å². The van der Waals surface area contributed by atoms with Gasteiger partial charge in [0.15, 0.2) is 0 Å². The van der Waals surface area contributed by atoms with Crippen LogP contribution < -0.4 is 25.5 Å². The molecule has 0 saturated carbocycles. The number of fused-ring (bicyclic) bond motifs is 3. The van der Waals surface area contributed by atoms with Crippen LogP contribution in [-0.4, -0.2) is 82.1 Å². The number of hydrogen-bond donors (Lipinski definition) is 2. The Morgan fingerprint density at radius 2 is 1.89 bits per heavy atom. The number of aromatic nitrogens is 3. The zero-order valence-electron chi connectivity index (χ0n) is 25.5. The lowest BCUT2D eigenvalue weighted by Gasteiger charge is -2.37. The van der Waals surface area contributed by atoms with Crippen molar-refractivity contribution in [2.24, 2.45) is 7.05 Å². The number of likely N-dealkylation sites (N-methyl/N-ethyl adjacent to an activating group) is 1. The van der Waals surface area contributed by atoms with Gasteiger partial charge in [-0.05, 0) is 70.5 Å². The Morgan fingerprint density at radius 1 is 1.18 bits per heavy atom.